The molecule has 1 aliphatic carbocycles. The van der Waals surface area contributed by atoms with Crippen LogP contribution in [0.4, 0.5) is 4.79 Å². The molecule has 124 valence electrons. The highest BCUT2D eigenvalue weighted by molar-refractivity contribution is 5.75. The van der Waals surface area contributed by atoms with Crippen LogP contribution in [-0.4, -0.2) is 41.5 Å². The van der Waals surface area contributed by atoms with Gasteiger partial charge in [-0.25, -0.2) is 4.79 Å². The first-order valence-electron chi connectivity index (χ1n) is 7.20. The molecule has 0 aromatic rings. The molecule has 0 atom stereocenters. The monoisotopic (exact) mass is 303 g/mol. The topological polar surface area (TPSA) is 95.9 Å². The van der Waals surface area contributed by atoms with Gasteiger partial charge in [0, 0.05) is 0 Å². The van der Waals surface area contributed by atoms with Gasteiger partial charge in [-0.3, -0.25) is 4.79 Å². The maximum Gasteiger partial charge on any atom is 0.405 e. The number of rotatable bonds is 5. The summed E-state index contributed by atoms with van der Waals surface area (Å²) in [6, 6.07) is 0. The molecule has 21 heavy (non-hydrogen) atoms. The zero-order valence-electron chi connectivity index (χ0n) is 13.3. The Hall–Kier alpha value is -1.56. The minimum absolute atomic E-state index is 0.544. The molecule has 0 unspecified atom stereocenters. The minimum Gasteiger partial charge on any atom is -0.480 e. The second kappa shape index (κ2) is 14.8. The van der Waals surface area contributed by atoms with Crippen molar-refractivity contribution in [2.45, 2.75) is 52.6 Å². The standard InChI is InChI=1S/C8H14O.C4H10.C3H5NO4/c1-2-7-9-8-5-3-4-6-8;1-4(2)3;5-2(6)1-4-3(7)8/h2,8H,1,3-7H2;4H,1-3H3;4H,1H2,(H,5,6)(H,7,8). The van der Waals surface area contributed by atoms with Crippen molar-refractivity contribution in [3.05, 3.63) is 12.7 Å². The zero-order valence-corrected chi connectivity index (χ0v) is 13.3. The van der Waals surface area contributed by atoms with Crippen molar-refractivity contribution in [3.63, 3.8) is 0 Å². The fourth-order valence-corrected chi connectivity index (χ4v) is 1.41. The van der Waals surface area contributed by atoms with Crippen molar-refractivity contribution in [1.29, 1.82) is 0 Å². The van der Waals surface area contributed by atoms with E-state index >= 15 is 0 Å². The summed E-state index contributed by atoms with van der Waals surface area (Å²) < 4.78 is 5.43. The van der Waals surface area contributed by atoms with Gasteiger partial charge in [0.15, 0.2) is 0 Å². The molecule has 1 aliphatic rings. The number of carboxylic acids is 1. The summed E-state index contributed by atoms with van der Waals surface area (Å²) in [6.45, 7) is 10.3. The Kier molecular flexibility index (Phi) is 15.4. The molecule has 1 saturated carbocycles. The van der Waals surface area contributed by atoms with Crippen molar-refractivity contribution < 1.29 is 24.5 Å². The van der Waals surface area contributed by atoms with E-state index in [1.165, 1.54) is 25.7 Å². The molecule has 0 saturated heterocycles. The Morgan fingerprint density at radius 1 is 1.29 bits per heavy atom. The van der Waals surface area contributed by atoms with E-state index in [9.17, 15) is 9.59 Å². The van der Waals surface area contributed by atoms with Crippen molar-refractivity contribution in [2.75, 3.05) is 13.2 Å². The molecule has 1 amide bonds. The van der Waals surface area contributed by atoms with Gasteiger partial charge in [0.2, 0.25) is 0 Å². The van der Waals surface area contributed by atoms with E-state index in [0.29, 0.717) is 6.10 Å². The summed E-state index contributed by atoms with van der Waals surface area (Å²) >= 11 is 0. The SMILES string of the molecule is C=CCOC1CCCC1.CC(C)C.O=C(O)CNC(=O)O. The van der Waals surface area contributed by atoms with E-state index in [0.717, 1.165) is 12.5 Å². The van der Waals surface area contributed by atoms with E-state index in [-0.39, 0.29) is 0 Å². The van der Waals surface area contributed by atoms with Crippen LogP contribution in [0.15, 0.2) is 12.7 Å². The normalized spacial score (nSPS) is 13.5. The van der Waals surface area contributed by atoms with Gasteiger partial charge in [0.1, 0.15) is 6.54 Å². The van der Waals surface area contributed by atoms with Crippen molar-refractivity contribution in [2.24, 2.45) is 5.92 Å². The van der Waals surface area contributed by atoms with Gasteiger partial charge in [-0.05, 0) is 18.8 Å². The molecule has 0 spiro atoms. The molecule has 0 aromatic heterocycles. The van der Waals surface area contributed by atoms with Crippen LogP contribution in [0.3, 0.4) is 0 Å². The molecule has 1 fully saturated rings. The second-order valence-corrected chi connectivity index (χ2v) is 5.31. The number of ether oxygens (including phenoxy) is 1. The lowest BCUT2D eigenvalue weighted by atomic mass is 10.3. The molecular formula is C15H29NO5. The molecule has 1 rings (SSSR count). The Balaban J connectivity index is 0. The van der Waals surface area contributed by atoms with Gasteiger partial charge in [-0.2, -0.15) is 0 Å². The fraction of sp³-hybridized carbons (Fsp3) is 0.733. The number of hydrogen-bond acceptors (Lipinski definition) is 3. The van der Waals surface area contributed by atoms with Crippen LogP contribution >= 0.6 is 0 Å². The Morgan fingerprint density at radius 3 is 2.05 bits per heavy atom. The van der Waals surface area contributed by atoms with Crippen LogP contribution in [0.1, 0.15) is 46.5 Å². The fourth-order valence-electron chi connectivity index (χ4n) is 1.41. The average Bonchev–Trinajstić information content (AvgIpc) is 2.87. The largest absolute Gasteiger partial charge is 0.480 e. The highest BCUT2D eigenvalue weighted by atomic mass is 16.5. The van der Waals surface area contributed by atoms with Crippen LogP contribution in [0.2, 0.25) is 0 Å². The van der Waals surface area contributed by atoms with Gasteiger partial charge >= 0.3 is 12.1 Å². The van der Waals surface area contributed by atoms with Crippen molar-refractivity contribution in [3.8, 4) is 0 Å². The first-order valence-corrected chi connectivity index (χ1v) is 7.20. The molecule has 6 nitrogen and oxygen atoms in total. The van der Waals surface area contributed by atoms with E-state index in [1.54, 1.807) is 5.32 Å². The van der Waals surface area contributed by atoms with Gasteiger partial charge in [-0.1, -0.05) is 39.7 Å². The summed E-state index contributed by atoms with van der Waals surface area (Å²) in [6.07, 6.45) is 6.25. The van der Waals surface area contributed by atoms with Gasteiger partial charge in [-0.15, -0.1) is 6.58 Å². The predicted octanol–water partition coefficient (Wildman–Crippen LogP) is 3.13. The molecule has 0 bridgehead atoms. The van der Waals surface area contributed by atoms with Crippen LogP contribution in [0.25, 0.3) is 0 Å². The Bertz CT molecular complexity index is 269. The lowest BCUT2D eigenvalue weighted by molar-refractivity contribution is -0.135. The summed E-state index contributed by atoms with van der Waals surface area (Å²) in [4.78, 5) is 19.1. The van der Waals surface area contributed by atoms with Crippen molar-refractivity contribution >= 4 is 12.1 Å². The molecule has 0 aliphatic heterocycles. The smallest absolute Gasteiger partial charge is 0.405 e. The summed E-state index contributed by atoms with van der Waals surface area (Å²) in [5, 5.41) is 17.3. The summed E-state index contributed by atoms with van der Waals surface area (Å²) in [5.41, 5.74) is 0. The van der Waals surface area contributed by atoms with E-state index < -0.39 is 18.6 Å². The van der Waals surface area contributed by atoms with E-state index in [1.807, 2.05) is 6.08 Å². The maximum absolute atomic E-state index is 9.58. The van der Waals surface area contributed by atoms with Gasteiger partial charge in [0.25, 0.3) is 0 Å². The summed E-state index contributed by atoms with van der Waals surface area (Å²) in [7, 11) is 0. The van der Waals surface area contributed by atoms with Crippen molar-refractivity contribution in [1.82, 2.24) is 5.32 Å². The van der Waals surface area contributed by atoms with Gasteiger partial charge in [0.05, 0.1) is 12.7 Å². The molecule has 0 aromatic carbocycles. The van der Waals surface area contributed by atoms with E-state index in [4.69, 9.17) is 14.9 Å². The zero-order chi connectivity index (χ0) is 16.7. The van der Waals surface area contributed by atoms with Crippen LogP contribution in [-0.2, 0) is 9.53 Å². The third-order valence-electron chi connectivity index (χ3n) is 2.14. The number of nitrogens with one attached hydrogen (secondary N) is 1. The Labute approximate surface area is 127 Å². The Morgan fingerprint density at radius 2 is 1.76 bits per heavy atom. The molecule has 0 heterocycles. The minimum atomic E-state index is -1.33. The van der Waals surface area contributed by atoms with E-state index in [2.05, 4.69) is 27.4 Å². The highest BCUT2D eigenvalue weighted by Crippen LogP contribution is 2.20. The van der Waals surface area contributed by atoms with Crippen LogP contribution < -0.4 is 5.32 Å². The number of hydrogen-bond donors (Lipinski definition) is 3. The molecule has 0 radical (unpaired) electrons. The number of aliphatic carboxylic acids is 1. The third-order valence-corrected chi connectivity index (χ3v) is 2.14. The molecule has 3 N–H and O–H groups in total. The average molecular weight is 303 g/mol. The number of amides is 1. The number of carbonyl (C=O) groups is 2. The van der Waals surface area contributed by atoms with Crippen LogP contribution in [0.5, 0.6) is 0 Å². The second-order valence-electron chi connectivity index (χ2n) is 5.31. The first kappa shape index (κ1) is 21.7. The lowest BCUT2D eigenvalue weighted by Crippen LogP contribution is -2.27. The molecule has 6 heteroatoms. The van der Waals surface area contributed by atoms with Gasteiger partial charge < -0.3 is 20.3 Å². The maximum atomic E-state index is 9.58. The molecular weight excluding hydrogens is 274 g/mol. The lowest BCUT2D eigenvalue weighted by Gasteiger charge is -2.06. The predicted molar refractivity (Wildman–Crippen MR) is 82.6 cm³/mol. The third kappa shape index (κ3) is 23.9. The summed E-state index contributed by atoms with van der Waals surface area (Å²) in [5.74, 6) is -0.354. The highest BCUT2D eigenvalue weighted by Gasteiger charge is 2.13. The van der Waals surface area contributed by atoms with Crippen LogP contribution in [0, 0.1) is 5.92 Å². The quantitative estimate of drug-likeness (QED) is 0.678. The first-order chi connectivity index (χ1) is 9.79. The number of carboxylic acid groups (broad SMARTS) is 2.